The topological polar surface area (TPSA) is 58.6 Å². The number of hydrogen-bond acceptors (Lipinski definition) is 4. The molecule has 2 aliphatic heterocycles. The Kier molecular flexibility index (Phi) is 4.35. The monoisotopic (exact) mass is 234 g/mol. The molecule has 86 valence electrons. The first-order chi connectivity index (χ1) is 6.77. The van der Waals surface area contributed by atoms with Crippen molar-refractivity contribution in [1.82, 2.24) is 10.2 Å². The van der Waals surface area contributed by atoms with E-state index in [1.54, 1.807) is 0 Å². The van der Waals surface area contributed by atoms with Gasteiger partial charge in [-0.1, -0.05) is 0 Å². The largest absolute Gasteiger partial charge is 0.439 e. The summed E-state index contributed by atoms with van der Waals surface area (Å²) in [6, 6.07) is 0. The average molecular weight is 235 g/mol. The molecule has 1 N–H and O–H groups in total. The Morgan fingerprint density at radius 1 is 1.33 bits per heavy atom. The zero-order chi connectivity index (χ0) is 9.97. The molecular formula is C9H15ClN2O3. The van der Waals surface area contributed by atoms with Crippen molar-refractivity contribution in [2.45, 2.75) is 12.8 Å². The van der Waals surface area contributed by atoms with Crippen LogP contribution in [0.2, 0.25) is 0 Å². The van der Waals surface area contributed by atoms with E-state index in [9.17, 15) is 9.59 Å². The van der Waals surface area contributed by atoms with Gasteiger partial charge in [-0.3, -0.25) is 4.79 Å². The minimum Gasteiger partial charge on any atom is -0.439 e. The molecular weight excluding hydrogens is 220 g/mol. The van der Waals surface area contributed by atoms with Crippen molar-refractivity contribution >= 4 is 24.4 Å². The molecule has 0 aromatic heterocycles. The molecule has 0 aliphatic carbocycles. The highest BCUT2D eigenvalue weighted by Gasteiger charge is 2.32. The number of piperidine rings is 1. The Hall–Kier alpha value is -0.810. The Bertz CT molecular complexity index is 238. The zero-order valence-corrected chi connectivity index (χ0v) is 9.22. The lowest BCUT2D eigenvalue weighted by Gasteiger charge is -2.24. The summed E-state index contributed by atoms with van der Waals surface area (Å²) < 4.78 is 4.64. The van der Waals surface area contributed by atoms with Gasteiger partial charge in [-0.2, -0.15) is 0 Å². The highest BCUT2D eigenvalue weighted by atomic mass is 35.5. The number of hydrogen-bond donors (Lipinski definition) is 1. The fourth-order valence-electron chi connectivity index (χ4n) is 1.88. The van der Waals surface area contributed by atoms with Crippen LogP contribution in [0.1, 0.15) is 12.8 Å². The van der Waals surface area contributed by atoms with Crippen LogP contribution in [0.5, 0.6) is 0 Å². The first-order valence-electron chi connectivity index (χ1n) is 4.95. The molecule has 0 bridgehead atoms. The molecule has 15 heavy (non-hydrogen) atoms. The minimum absolute atomic E-state index is 0. The third-order valence-electron chi connectivity index (χ3n) is 2.74. The predicted octanol–water partition coefficient (Wildman–Crippen LogP) is 0.387. The third kappa shape index (κ3) is 2.82. The molecule has 2 rings (SSSR count). The zero-order valence-electron chi connectivity index (χ0n) is 8.40. The second-order valence-electron chi connectivity index (χ2n) is 3.75. The highest BCUT2D eigenvalue weighted by Crippen LogP contribution is 2.16. The van der Waals surface area contributed by atoms with Crippen LogP contribution in [0.25, 0.3) is 0 Å². The Balaban J connectivity index is 0.00000112. The molecule has 5 nitrogen and oxygen atoms in total. The van der Waals surface area contributed by atoms with Gasteiger partial charge in [0.1, 0.15) is 0 Å². The lowest BCUT2D eigenvalue weighted by atomic mass is 9.98. The molecule has 0 unspecified atom stereocenters. The quantitative estimate of drug-likeness (QED) is 0.751. The number of nitrogens with zero attached hydrogens (tertiary/aromatic N) is 1. The lowest BCUT2D eigenvalue weighted by molar-refractivity contribution is -0.126. The third-order valence-corrected chi connectivity index (χ3v) is 2.74. The fourth-order valence-corrected chi connectivity index (χ4v) is 1.88. The van der Waals surface area contributed by atoms with E-state index in [0.29, 0.717) is 12.5 Å². The molecule has 0 aromatic rings. The Morgan fingerprint density at radius 2 is 2.00 bits per heavy atom. The maximum absolute atomic E-state index is 11.2. The minimum atomic E-state index is -0.478. The van der Waals surface area contributed by atoms with Crippen LogP contribution >= 0.6 is 12.4 Å². The van der Waals surface area contributed by atoms with Gasteiger partial charge in [-0.05, 0) is 31.8 Å². The fraction of sp³-hybridized carbons (Fsp3) is 0.778. The summed E-state index contributed by atoms with van der Waals surface area (Å²) in [6.07, 6.45) is 1.57. The van der Waals surface area contributed by atoms with E-state index < -0.39 is 6.09 Å². The van der Waals surface area contributed by atoms with E-state index in [1.165, 1.54) is 4.90 Å². The lowest BCUT2D eigenvalue weighted by Crippen LogP contribution is -2.38. The van der Waals surface area contributed by atoms with Crippen LogP contribution in [0.4, 0.5) is 4.79 Å². The van der Waals surface area contributed by atoms with Crippen molar-refractivity contribution in [2.24, 2.45) is 5.92 Å². The first kappa shape index (κ1) is 12.3. The van der Waals surface area contributed by atoms with Crippen molar-refractivity contribution in [3.05, 3.63) is 0 Å². The van der Waals surface area contributed by atoms with Gasteiger partial charge in [0.25, 0.3) is 5.91 Å². The molecule has 0 saturated carbocycles. The van der Waals surface area contributed by atoms with E-state index >= 15 is 0 Å². The standard InChI is InChI=1S/C9H14N2O3.ClH/c12-8-6-14-9(13)11(8)5-7-1-3-10-4-2-7;/h7,10H,1-6H2;1H. The molecule has 0 spiro atoms. The van der Waals surface area contributed by atoms with Gasteiger partial charge in [-0.15, -0.1) is 12.4 Å². The summed E-state index contributed by atoms with van der Waals surface area (Å²) in [6.45, 7) is 2.40. The predicted molar refractivity (Wildman–Crippen MR) is 55.9 cm³/mol. The van der Waals surface area contributed by atoms with Crippen molar-refractivity contribution in [3.8, 4) is 0 Å². The number of halogens is 1. The van der Waals surface area contributed by atoms with Crippen LogP contribution in [-0.4, -0.2) is 43.1 Å². The van der Waals surface area contributed by atoms with Crippen LogP contribution < -0.4 is 5.32 Å². The summed E-state index contributed by atoms with van der Waals surface area (Å²) in [5.74, 6) is 0.236. The van der Waals surface area contributed by atoms with Crippen molar-refractivity contribution in [3.63, 3.8) is 0 Å². The normalized spacial score (nSPS) is 22.5. The van der Waals surface area contributed by atoms with Gasteiger partial charge in [-0.25, -0.2) is 9.69 Å². The van der Waals surface area contributed by atoms with E-state index in [-0.39, 0.29) is 24.9 Å². The number of carbonyl (C=O) groups is 2. The smallest absolute Gasteiger partial charge is 0.417 e. The molecule has 2 fully saturated rings. The summed E-state index contributed by atoms with van der Waals surface area (Å²) >= 11 is 0. The number of rotatable bonds is 2. The summed E-state index contributed by atoms with van der Waals surface area (Å²) in [4.78, 5) is 23.6. The summed E-state index contributed by atoms with van der Waals surface area (Å²) in [5, 5.41) is 3.24. The van der Waals surface area contributed by atoms with E-state index in [2.05, 4.69) is 10.1 Å². The van der Waals surface area contributed by atoms with Gasteiger partial charge in [0.2, 0.25) is 0 Å². The second-order valence-corrected chi connectivity index (χ2v) is 3.75. The molecule has 2 saturated heterocycles. The van der Waals surface area contributed by atoms with Crippen molar-refractivity contribution in [2.75, 3.05) is 26.2 Å². The van der Waals surface area contributed by atoms with E-state index in [0.717, 1.165) is 25.9 Å². The number of nitrogens with one attached hydrogen (secondary N) is 1. The number of ether oxygens (including phenoxy) is 1. The SMILES string of the molecule is Cl.O=C1COC(=O)N1CC1CCNCC1. The molecule has 0 radical (unpaired) electrons. The highest BCUT2D eigenvalue weighted by molar-refractivity contribution is 5.97. The molecule has 0 aromatic carbocycles. The molecule has 0 atom stereocenters. The van der Waals surface area contributed by atoms with E-state index in [1.807, 2.05) is 0 Å². The maximum atomic E-state index is 11.2. The van der Waals surface area contributed by atoms with Gasteiger partial charge in [0, 0.05) is 6.54 Å². The molecule has 2 amide bonds. The van der Waals surface area contributed by atoms with Gasteiger partial charge in [0.15, 0.2) is 6.61 Å². The number of cyclic esters (lactones) is 1. The Labute approximate surface area is 94.5 Å². The van der Waals surface area contributed by atoms with Crippen LogP contribution in [0, 0.1) is 5.92 Å². The van der Waals surface area contributed by atoms with Gasteiger partial charge >= 0.3 is 6.09 Å². The van der Waals surface area contributed by atoms with Crippen molar-refractivity contribution < 1.29 is 14.3 Å². The van der Waals surface area contributed by atoms with Crippen LogP contribution in [0.3, 0.4) is 0 Å². The molecule has 2 aliphatic rings. The Morgan fingerprint density at radius 3 is 2.53 bits per heavy atom. The van der Waals surface area contributed by atoms with Gasteiger partial charge < -0.3 is 10.1 Å². The number of carbonyl (C=O) groups excluding carboxylic acids is 2. The van der Waals surface area contributed by atoms with E-state index in [4.69, 9.17) is 0 Å². The van der Waals surface area contributed by atoms with Crippen LogP contribution in [0.15, 0.2) is 0 Å². The van der Waals surface area contributed by atoms with Crippen LogP contribution in [-0.2, 0) is 9.53 Å². The molecule has 6 heteroatoms. The average Bonchev–Trinajstić information content (AvgIpc) is 2.51. The molecule has 2 heterocycles. The maximum Gasteiger partial charge on any atom is 0.417 e. The van der Waals surface area contributed by atoms with Crippen molar-refractivity contribution in [1.29, 1.82) is 0 Å². The number of amides is 2. The first-order valence-corrected chi connectivity index (χ1v) is 4.95. The summed E-state index contributed by atoms with van der Waals surface area (Å²) in [5.41, 5.74) is 0. The second kappa shape index (κ2) is 5.32. The summed E-state index contributed by atoms with van der Waals surface area (Å²) in [7, 11) is 0. The van der Waals surface area contributed by atoms with Gasteiger partial charge in [0.05, 0.1) is 0 Å². The number of imide groups is 1.